The zero-order chi connectivity index (χ0) is 12.4. The second-order valence-corrected chi connectivity index (χ2v) is 4.80. The average Bonchev–Trinajstić information content (AvgIpc) is 3.02. The van der Waals surface area contributed by atoms with Gasteiger partial charge in [-0.1, -0.05) is 24.3 Å². The zero-order valence-corrected chi connectivity index (χ0v) is 10.8. The second-order valence-electron chi connectivity index (χ2n) is 4.80. The highest BCUT2D eigenvalue weighted by atomic mass is 15.1. The van der Waals surface area contributed by atoms with E-state index in [9.17, 15) is 0 Å². The molecule has 1 aromatic carbocycles. The predicted molar refractivity (Wildman–Crippen MR) is 72.2 cm³/mol. The number of nitrogens with zero attached hydrogens (tertiary/aromatic N) is 2. The Labute approximate surface area is 108 Å². The first-order valence-corrected chi connectivity index (χ1v) is 6.69. The lowest BCUT2D eigenvalue weighted by molar-refractivity contribution is 0.506. The lowest BCUT2D eigenvalue weighted by atomic mass is 10.1. The van der Waals surface area contributed by atoms with Crippen LogP contribution in [0.4, 0.5) is 0 Å². The van der Waals surface area contributed by atoms with Crippen LogP contribution in [0.2, 0.25) is 0 Å². The number of hydrogen-bond acceptors (Lipinski definition) is 2. The number of rotatable bonds is 4. The summed E-state index contributed by atoms with van der Waals surface area (Å²) in [6, 6.07) is 9.23. The Kier molecular flexibility index (Phi) is 3.15. The lowest BCUT2D eigenvalue weighted by Crippen LogP contribution is -2.21. The van der Waals surface area contributed by atoms with E-state index in [1.165, 1.54) is 24.0 Å². The Bertz CT molecular complexity index is 530. The maximum absolute atomic E-state index is 4.40. The van der Waals surface area contributed by atoms with Crippen molar-refractivity contribution in [2.24, 2.45) is 0 Å². The van der Waals surface area contributed by atoms with E-state index in [1.54, 1.807) is 0 Å². The third-order valence-electron chi connectivity index (χ3n) is 3.78. The monoisotopic (exact) mass is 241 g/mol. The van der Waals surface area contributed by atoms with Crippen LogP contribution in [0.5, 0.6) is 0 Å². The molecule has 1 atom stereocenters. The molecular weight excluding hydrogens is 222 g/mol. The Morgan fingerprint density at radius 3 is 3.17 bits per heavy atom. The second kappa shape index (κ2) is 4.94. The summed E-state index contributed by atoms with van der Waals surface area (Å²) in [7, 11) is 0. The van der Waals surface area contributed by atoms with E-state index in [1.807, 2.05) is 12.4 Å². The highest BCUT2D eigenvalue weighted by Crippen LogP contribution is 2.30. The molecule has 0 saturated carbocycles. The molecule has 1 N–H and O–H groups in total. The molecule has 1 unspecified atom stereocenters. The van der Waals surface area contributed by atoms with Crippen LogP contribution in [0.3, 0.4) is 0 Å². The standard InChI is InChI=1S/C15H19N3/c1-2-18-10-9-16-15(18)11-17-14-8-7-12-5-3-4-6-13(12)14/h3-6,9-10,14,17H,2,7-8,11H2,1H3. The van der Waals surface area contributed by atoms with E-state index >= 15 is 0 Å². The van der Waals surface area contributed by atoms with Crippen molar-refractivity contribution in [2.45, 2.75) is 38.9 Å². The fourth-order valence-electron chi connectivity index (χ4n) is 2.78. The summed E-state index contributed by atoms with van der Waals surface area (Å²) in [5.74, 6) is 1.13. The van der Waals surface area contributed by atoms with Gasteiger partial charge in [-0.15, -0.1) is 0 Å². The quantitative estimate of drug-likeness (QED) is 0.892. The Morgan fingerprint density at radius 2 is 2.28 bits per heavy atom. The van der Waals surface area contributed by atoms with Gasteiger partial charge >= 0.3 is 0 Å². The molecule has 0 amide bonds. The summed E-state index contributed by atoms with van der Waals surface area (Å²) in [4.78, 5) is 4.40. The number of aromatic nitrogens is 2. The third kappa shape index (κ3) is 2.06. The van der Waals surface area contributed by atoms with Gasteiger partial charge in [-0.3, -0.25) is 0 Å². The summed E-state index contributed by atoms with van der Waals surface area (Å²) in [6.45, 7) is 3.98. The topological polar surface area (TPSA) is 29.9 Å². The van der Waals surface area contributed by atoms with Crippen LogP contribution in [-0.2, 0) is 19.5 Å². The fourth-order valence-corrected chi connectivity index (χ4v) is 2.78. The Balaban J connectivity index is 1.69. The highest BCUT2D eigenvalue weighted by molar-refractivity contribution is 5.34. The third-order valence-corrected chi connectivity index (χ3v) is 3.78. The van der Waals surface area contributed by atoms with Crippen molar-refractivity contribution in [1.82, 2.24) is 14.9 Å². The van der Waals surface area contributed by atoms with Gasteiger partial charge in [0.1, 0.15) is 5.82 Å². The molecule has 1 aliphatic rings. The van der Waals surface area contributed by atoms with Crippen LogP contribution < -0.4 is 5.32 Å². The molecular formula is C15H19N3. The van der Waals surface area contributed by atoms with Crippen molar-refractivity contribution in [3.05, 3.63) is 53.6 Å². The van der Waals surface area contributed by atoms with Gasteiger partial charge in [-0.2, -0.15) is 0 Å². The summed E-state index contributed by atoms with van der Waals surface area (Å²) in [5.41, 5.74) is 2.96. The van der Waals surface area contributed by atoms with Gasteiger partial charge in [0.25, 0.3) is 0 Å². The average molecular weight is 241 g/mol. The maximum Gasteiger partial charge on any atom is 0.122 e. The largest absolute Gasteiger partial charge is 0.334 e. The van der Waals surface area contributed by atoms with Crippen LogP contribution in [0.25, 0.3) is 0 Å². The molecule has 1 aromatic heterocycles. The van der Waals surface area contributed by atoms with Crippen molar-refractivity contribution in [3.8, 4) is 0 Å². The number of hydrogen-bond donors (Lipinski definition) is 1. The lowest BCUT2D eigenvalue weighted by Gasteiger charge is -2.14. The minimum atomic E-state index is 0.489. The molecule has 0 radical (unpaired) electrons. The van der Waals surface area contributed by atoms with Crippen molar-refractivity contribution in [1.29, 1.82) is 0 Å². The first-order chi connectivity index (χ1) is 8.88. The summed E-state index contributed by atoms with van der Waals surface area (Å²) >= 11 is 0. The van der Waals surface area contributed by atoms with Crippen LogP contribution in [-0.4, -0.2) is 9.55 Å². The highest BCUT2D eigenvalue weighted by Gasteiger charge is 2.21. The molecule has 1 aliphatic carbocycles. The Hall–Kier alpha value is -1.61. The van der Waals surface area contributed by atoms with Crippen molar-refractivity contribution in [3.63, 3.8) is 0 Å². The molecule has 0 fully saturated rings. The molecule has 2 aromatic rings. The molecule has 3 nitrogen and oxygen atoms in total. The number of imidazole rings is 1. The van der Waals surface area contributed by atoms with Crippen LogP contribution in [0.15, 0.2) is 36.7 Å². The van der Waals surface area contributed by atoms with Crippen molar-refractivity contribution >= 4 is 0 Å². The SMILES string of the molecule is CCn1ccnc1CNC1CCc2ccccc21. The van der Waals surface area contributed by atoms with E-state index < -0.39 is 0 Å². The van der Waals surface area contributed by atoms with Gasteiger partial charge in [0.2, 0.25) is 0 Å². The van der Waals surface area contributed by atoms with Crippen molar-refractivity contribution < 1.29 is 0 Å². The normalized spacial score (nSPS) is 17.9. The number of nitrogens with one attached hydrogen (secondary N) is 1. The number of aryl methyl sites for hydroxylation is 2. The van der Waals surface area contributed by atoms with Gasteiger partial charge in [0, 0.05) is 25.0 Å². The first kappa shape index (κ1) is 11.5. The summed E-state index contributed by atoms with van der Waals surface area (Å²) in [6.07, 6.45) is 6.31. The molecule has 0 aliphatic heterocycles. The van der Waals surface area contributed by atoms with E-state index in [2.05, 4.69) is 46.1 Å². The van der Waals surface area contributed by atoms with Gasteiger partial charge in [0.05, 0.1) is 6.54 Å². The molecule has 0 spiro atoms. The van der Waals surface area contributed by atoms with E-state index in [0.717, 1.165) is 18.9 Å². The van der Waals surface area contributed by atoms with Gasteiger partial charge in [0.15, 0.2) is 0 Å². The van der Waals surface area contributed by atoms with Gasteiger partial charge < -0.3 is 9.88 Å². The van der Waals surface area contributed by atoms with E-state index in [-0.39, 0.29) is 0 Å². The molecule has 94 valence electrons. The van der Waals surface area contributed by atoms with Crippen LogP contribution >= 0.6 is 0 Å². The molecule has 0 bridgehead atoms. The fraction of sp³-hybridized carbons (Fsp3) is 0.400. The van der Waals surface area contributed by atoms with Gasteiger partial charge in [-0.25, -0.2) is 4.98 Å². The number of benzene rings is 1. The minimum absolute atomic E-state index is 0.489. The number of fused-ring (bicyclic) bond motifs is 1. The predicted octanol–water partition coefficient (Wildman–Crippen LogP) is 2.68. The zero-order valence-electron chi connectivity index (χ0n) is 10.8. The minimum Gasteiger partial charge on any atom is -0.334 e. The Morgan fingerprint density at radius 1 is 1.39 bits per heavy atom. The first-order valence-electron chi connectivity index (χ1n) is 6.69. The van der Waals surface area contributed by atoms with Gasteiger partial charge in [-0.05, 0) is 30.9 Å². The molecule has 3 heteroatoms. The molecule has 0 saturated heterocycles. The molecule has 1 heterocycles. The molecule has 18 heavy (non-hydrogen) atoms. The van der Waals surface area contributed by atoms with Crippen molar-refractivity contribution in [2.75, 3.05) is 0 Å². The van der Waals surface area contributed by atoms with Crippen LogP contribution in [0, 0.1) is 0 Å². The summed E-state index contributed by atoms with van der Waals surface area (Å²) in [5, 5.41) is 3.63. The van der Waals surface area contributed by atoms with E-state index in [4.69, 9.17) is 0 Å². The maximum atomic E-state index is 4.40. The summed E-state index contributed by atoms with van der Waals surface area (Å²) < 4.78 is 2.19. The smallest absolute Gasteiger partial charge is 0.122 e. The molecule has 3 rings (SSSR count). The van der Waals surface area contributed by atoms with Crippen LogP contribution in [0.1, 0.15) is 36.3 Å². The van der Waals surface area contributed by atoms with E-state index in [0.29, 0.717) is 6.04 Å².